The predicted octanol–water partition coefficient (Wildman–Crippen LogP) is 11.2. The Bertz CT molecular complexity index is 1450. The minimum atomic E-state index is 0.0152. The third-order valence-electron chi connectivity index (χ3n) is 7.52. The molecule has 0 aliphatic carbocycles. The van der Waals surface area contributed by atoms with Crippen LogP contribution in [0.1, 0.15) is 128 Å². The summed E-state index contributed by atoms with van der Waals surface area (Å²) >= 11 is 0. The highest BCUT2D eigenvalue weighted by atomic mass is 16.5. The van der Waals surface area contributed by atoms with Crippen LogP contribution in [0.5, 0.6) is 11.6 Å². The molecule has 3 heterocycles. The van der Waals surface area contributed by atoms with Crippen molar-refractivity contribution in [1.29, 1.82) is 0 Å². The number of ether oxygens (including phenoxy) is 1. The molecule has 0 N–H and O–H groups in total. The average Bonchev–Trinajstić information content (AvgIpc) is 2.95. The first kappa shape index (κ1) is 36.7. The van der Waals surface area contributed by atoms with E-state index >= 15 is 0 Å². The Hall–Kier alpha value is -3.53. The van der Waals surface area contributed by atoms with Crippen LogP contribution < -0.4 is 4.74 Å². The summed E-state index contributed by atoms with van der Waals surface area (Å²) in [5.41, 5.74) is 8.75. The van der Waals surface area contributed by atoms with E-state index in [4.69, 9.17) is 4.74 Å². The van der Waals surface area contributed by atoms with Crippen molar-refractivity contribution in [1.82, 2.24) is 15.0 Å². The highest BCUT2D eigenvalue weighted by Gasteiger charge is 2.20. The molecule has 4 rings (SSSR count). The maximum atomic E-state index is 6.04. The van der Waals surface area contributed by atoms with Gasteiger partial charge in [0, 0.05) is 40.5 Å². The molecule has 0 amide bonds. The van der Waals surface area contributed by atoms with Crippen LogP contribution >= 0.6 is 0 Å². The minimum Gasteiger partial charge on any atom is -0.438 e. The summed E-state index contributed by atoms with van der Waals surface area (Å²) in [5.74, 6) is 2.10. The molecule has 4 aromatic rings. The van der Waals surface area contributed by atoms with Gasteiger partial charge in [0.2, 0.25) is 5.88 Å². The molecule has 0 spiro atoms. The van der Waals surface area contributed by atoms with E-state index in [1.165, 1.54) is 28.2 Å². The van der Waals surface area contributed by atoms with Gasteiger partial charge in [-0.05, 0) is 84.0 Å². The molecular weight excluding hydrogens is 538 g/mol. The molecule has 0 radical (unpaired) electrons. The molecule has 0 unspecified atom stereocenters. The Labute approximate surface area is 268 Å². The van der Waals surface area contributed by atoms with Gasteiger partial charge in [0.15, 0.2) is 0 Å². The zero-order valence-corrected chi connectivity index (χ0v) is 30.0. The van der Waals surface area contributed by atoms with E-state index in [2.05, 4.69) is 154 Å². The minimum absolute atomic E-state index is 0.0152. The Morgan fingerprint density at radius 2 is 1.36 bits per heavy atom. The monoisotopic (exact) mass is 595 g/mol. The van der Waals surface area contributed by atoms with E-state index in [0.29, 0.717) is 11.8 Å². The smallest absolute Gasteiger partial charge is 0.222 e. The summed E-state index contributed by atoms with van der Waals surface area (Å²) in [6, 6.07) is 20.7. The lowest BCUT2D eigenvalue weighted by Crippen LogP contribution is -2.13. The molecule has 0 saturated heterocycles. The van der Waals surface area contributed by atoms with Crippen LogP contribution in [-0.4, -0.2) is 15.0 Å². The molecule has 0 aliphatic rings. The maximum Gasteiger partial charge on any atom is 0.222 e. The van der Waals surface area contributed by atoms with Crippen LogP contribution in [0.2, 0.25) is 0 Å². The van der Waals surface area contributed by atoms with Gasteiger partial charge in [0.05, 0.1) is 0 Å². The Kier molecular flexibility index (Phi) is 12.9. The number of pyridine rings is 3. The molecule has 4 heteroatoms. The lowest BCUT2D eigenvalue weighted by atomic mass is 9.88. The maximum absolute atomic E-state index is 6.04. The van der Waals surface area contributed by atoms with E-state index in [9.17, 15) is 0 Å². The first-order valence-corrected chi connectivity index (χ1v) is 16.0. The number of benzene rings is 1. The van der Waals surface area contributed by atoms with Crippen molar-refractivity contribution < 1.29 is 4.74 Å². The number of hydrogen-bond acceptors (Lipinski definition) is 4. The van der Waals surface area contributed by atoms with Gasteiger partial charge < -0.3 is 4.74 Å². The second-order valence-corrected chi connectivity index (χ2v) is 14.9. The molecule has 238 valence electrons. The van der Waals surface area contributed by atoms with Crippen molar-refractivity contribution in [2.45, 2.75) is 126 Å². The van der Waals surface area contributed by atoms with Gasteiger partial charge in [0.1, 0.15) is 5.75 Å². The summed E-state index contributed by atoms with van der Waals surface area (Å²) in [6.07, 6.45) is 4.79. The fourth-order valence-corrected chi connectivity index (χ4v) is 4.27. The van der Waals surface area contributed by atoms with Gasteiger partial charge in [0.25, 0.3) is 0 Å². The van der Waals surface area contributed by atoms with Crippen LogP contribution in [0.25, 0.3) is 0 Å². The van der Waals surface area contributed by atoms with E-state index in [-0.39, 0.29) is 16.2 Å². The largest absolute Gasteiger partial charge is 0.438 e. The molecule has 44 heavy (non-hydrogen) atoms. The van der Waals surface area contributed by atoms with Gasteiger partial charge in [-0.15, -0.1) is 0 Å². The van der Waals surface area contributed by atoms with Gasteiger partial charge in [-0.3, -0.25) is 9.97 Å². The van der Waals surface area contributed by atoms with Crippen LogP contribution in [0.15, 0.2) is 73.1 Å². The number of aryl methyl sites for hydroxylation is 2. The molecule has 0 aliphatic heterocycles. The highest BCUT2D eigenvalue weighted by molar-refractivity contribution is 5.42. The van der Waals surface area contributed by atoms with E-state index < -0.39 is 0 Å². The Morgan fingerprint density at radius 3 is 1.89 bits per heavy atom. The van der Waals surface area contributed by atoms with E-state index in [0.717, 1.165) is 23.3 Å². The van der Waals surface area contributed by atoms with Crippen molar-refractivity contribution in [2.75, 3.05) is 0 Å². The third-order valence-corrected chi connectivity index (χ3v) is 7.52. The number of rotatable bonds is 4. The first-order chi connectivity index (χ1) is 20.3. The first-order valence-electron chi connectivity index (χ1n) is 16.0. The molecule has 0 atom stereocenters. The van der Waals surface area contributed by atoms with Crippen LogP contribution in [0, 0.1) is 13.8 Å². The number of aromatic nitrogens is 3. The summed E-state index contributed by atoms with van der Waals surface area (Å²) in [7, 11) is 0. The summed E-state index contributed by atoms with van der Waals surface area (Å²) in [4.78, 5) is 13.4. The molecule has 0 fully saturated rings. The lowest BCUT2D eigenvalue weighted by Gasteiger charge is -2.22. The molecular formula is C40H57N3O. The van der Waals surface area contributed by atoms with Gasteiger partial charge in [-0.25, -0.2) is 4.98 Å². The van der Waals surface area contributed by atoms with Gasteiger partial charge >= 0.3 is 0 Å². The van der Waals surface area contributed by atoms with Crippen molar-refractivity contribution in [3.63, 3.8) is 0 Å². The van der Waals surface area contributed by atoms with Crippen LogP contribution in [0.3, 0.4) is 0 Å². The topological polar surface area (TPSA) is 47.9 Å². The fraction of sp³-hybridized carbons (Fsp3) is 0.475. The van der Waals surface area contributed by atoms with Crippen molar-refractivity contribution in [2.24, 2.45) is 0 Å². The Morgan fingerprint density at radius 1 is 0.705 bits per heavy atom. The summed E-state index contributed by atoms with van der Waals surface area (Å²) < 4.78 is 6.04. The average molecular weight is 596 g/mol. The predicted molar refractivity (Wildman–Crippen MR) is 188 cm³/mol. The summed E-state index contributed by atoms with van der Waals surface area (Å²) in [6.45, 7) is 30.3. The number of nitrogens with zero attached hydrogens (tertiary/aromatic N) is 3. The number of hydrogen-bond donors (Lipinski definition) is 0. The van der Waals surface area contributed by atoms with Crippen molar-refractivity contribution >= 4 is 0 Å². The van der Waals surface area contributed by atoms with Gasteiger partial charge in [-0.2, -0.15) is 0 Å². The van der Waals surface area contributed by atoms with Gasteiger partial charge in [-0.1, -0.05) is 113 Å². The molecule has 0 saturated carbocycles. The normalized spacial score (nSPS) is 11.7. The molecule has 4 nitrogen and oxygen atoms in total. The summed E-state index contributed by atoms with van der Waals surface area (Å²) in [5, 5.41) is 0. The molecule has 3 aromatic heterocycles. The highest BCUT2D eigenvalue weighted by Crippen LogP contribution is 2.33. The lowest BCUT2D eigenvalue weighted by molar-refractivity contribution is 0.433. The zero-order chi connectivity index (χ0) is 33.3. The molecule has 0 bridgehead atoms. The quantitative estimate of drug-likeness (QED) is 0.235. The van der Waals surface area contributed by atoms with E-state index in [1.807, 2.05) is 24.4 Å². The second kappa shape index (κ2) is 15.5. The SMILES string of the molecule is CC(C)c1ccc(C(C)(C)C)cn1.CCc1cccc(C(C)(C)C)n1.Cc1cccc(Oc2ncccc2C(C)(C)C)c1C. The molecule has 1 aromatic carbocycles. The standard InChI is InChI=1S/C17H21NO.C12H19N.C11H17N/c1-12-8-6-10-15(13(12)2)19-16-14(17(3,4)5)9-7-11-18-16;1-9(2)11-7-6-10(8-13-11)12(3,4)5;1-5-9-7-6-8-10(12-9)11(2,3)4/h6-11H,1-5H3;6-9H,1-5H3;6-8H,5H2,1-4H3. The Balaban J connectivity index is 0.000000239. The second-order valence-electron chi connectivity index (χ2n) is 14.9. The van der Waals surface area contributed by atoms with E-state index in [1.54, 1.807) is 6.20 Å². The fourth-order valence-electron chi connectivity index (χ4n) is 4.27. The third kappa shape index (κ3) is 11.2. The zero-order valence-electron chi connectivity index (χ0n) is 30.0. The van der Waals surface area contributed by atoms with Crippen LogP contribution in [-0.2, 0) is 22.7 Å². The van der Waals surface area contributed by atoms with Crippen LogP contribution in [0.4, 0.5) is 0 Å². The van der Waals surface area contributed by atoms with Crippen molar-refractivity contribution in [3.05, 3.63) is 112 Å². The van der Waals surface area contributed by atoms with Crippen molar-refractivity contribution in [3.8, 4) is 11.6 Å².